The minimum absolute atomic E-state index is 0.0368. The first kappa shape index (κ1) is 36.6. The standard InChI is InChI=1S/C41H41N3O7S/c1-49-39(46)36(22-28-9-3-2-4-10-28)43-41(47)42-25-30-11-7-12-32(21-30)33-13-8-14-34(23-33)40-50-35(27-52-38-15-5-6-20-44(38)48)24-37(51-40)31-18-16-29(26-45)17-19-31/h2-21,23,35-37,40,45H,22,24-27H2,1H3,(H2,42,43,47). The summed E-state index contributed by atoms with van der Waals surface area (Å²) in [5.74, 6) is 0.0429. The summed E-state index contributed by atoms with van der Waals surface area (Å²) in [6, 6.07) is 37.1. The number of esters is 1. The number of rotatable bonds is 13. The molecule has 2 heterocycles. The van der Waals surface area contributed by atoms with Crippen LogP contribution in [0.5, 0.6) is 0 Å². The van der Waals surface area contributed by atoms with Gasteiger partial charge in [0.25, 0.3) is 5.03 Å². The Kier molecular flexibility index (Phi) is 12.5. The van der Waals surface area contributed by atoms with Crippen molar-refractivity contribution in [1.29, 1.82) is 0 Å². The summed E-state index contributed by atoms with van der Waals surface area (Å²) in [5, 5.41) is 28.1. The van der Waals surface area contributed by atoms with E-state index < -0.39 is 24.3 Å². The van der Waals surface area contributed by atoms with Crippen LogP contribution < -0.4 is 15.4 Å². The number of carbonyl (C=O) groups excluding carboxylic acids is 2. The van der Waals surface area contributed by atoms with Gasteiger partial charge in [0.2, 0.25) is 0 Å². The van der Waals surface area contributed by atoms with Crippen LogP contribution in [0.4, 0.5) is 4.79 Å². The maximum absolute atomic E-state index is 12.9. The number of carbonyl (C=O) groups is 2. The molecule has 3 N–H and O–H groups in total. The summed E-state index contributed by atoms with van der Waals surface area (Å²) in [5.41, 5.74) is 6.32. The first-order chi connectivity index (χ1) is 25.4. The number of pyridine rings is 1. The Morgan fingerprint density at radius 2 is 1.60 bits per heavy atom. The highest BCUT2D eigenvalue weighted by atomic mass is 32.2. The largest absolute Gasteiger partial charge is 0.618 e. The number of aromatic nitrogens is 1. The minimum Gasteiger partial charge on any atom is -0.618 e. The van der Waals surface area contributed by atoms with Crippen LogP contribution in [0.1, 0.15) is 46.6 Å². The van der Waals surface area contributed by atoms with Crippen LogP contribution >= 0.6 is 11.8 Å². The average molecular weight is 720 g/mol. The molecular weight excluding hydrogens is 679 g/mol. The van der Waals surface area contributed by atoms with E-state index in [1.165, 1.54) is 25.1 Å². The summed E-state index contributed by atoms with van der Waals surface area (Å²) < 4.78 is 18.9. The van der Waals surface area contributed by atoms with E-state index in [1.807, 2.05) is 109 Å². The van der Waals surface area contributed by atoms with Crippen LogP contribution in [-0.4, -0.2) is 42.1 Å². The number of methoxy groups -OCH3 is 1. The van der Waals surface area contributed by atoms with E-state index in [1.54, 1.807) is 12.1 Å². The van der Waals surface area contributed by atoms with E-state index in [-0.39, 0.29) is 25.4 Å². The second-order valence-electron chi connectivity index (χ2n) is 12.4. The molecule has 268 valence electrons. The van der Waals surface area contributed by atoms with Crippen molar-refractivity contribution < 1.29 is 33.6 Å². The van der Waals surface area contributed by atoms with Crippen molar-refractivity contribution in [2.45, 2.75) is 55.6 Å². The molecule has 11 heteroatoms. The molecule has 1 aliphatic heterocycles. The molecule has 1 fully saturated rings. The first-order valence-corrected chi connectivity index (χ1v) is 18.0. The second kappa shape index (κ2) is 17.8. The number of thioether (sulfide) groups is 1. The van der Waals surface area contributed by atoms with Gasteiger partial charge in [0.15, 0.2) is 12.5 Å². The predicted octanol–water partition coefficient (Wildman–Crippen LogP) is 6.40. The quantitative estimate of drug-likeness (QED) is 0.0552. The molecule has 0 saturated carbocycles. The van der Waals surface area contributed by atoms with E-state index in [2.05, 4.69) is 10.6 Å². The highest BCUT2D eigenvalue weighted by Crippen LogP contribution is 2.40. The van der Waals surface area contributed by atoms with Gasteiger partial charge in [0.05, 0.1) is 25.9 Å². The molecule has 52 heavy (non-hydrogen) atoms. The van der Waals surface area contributed by atoms with Crippen LogP contribution in [0.3, 0.4) is 0 Å². The molecule has 4 unspecified atom stereocenters. The Morgan fingerprint density at radius 1 is 0.865 bits per heavy atom. The number of amides is 2. The number of hydrogen-bond donors (Lipinski definition) is 3. The number of nitrogens with one attached hydrogen (secondary N) is 2. The fourth-order valence-electron chi connectivity index (χ4n) is 6.03. The molecule has 0 bridgehead atoms. The number of ether oxygens (including phenoxy) is 3. The SMILES string of the molecule is COC(=O)C(Cc1ccccc1)NC(=O)NCc1cccc(-c2cccc(C3OC(CSc4cccc[n+]4[O-])CC(c4ccc(CO)cc4)O3)c2)c1. The van der Waals surface area contributed by atoms with Gasteiger partial charge in [-0.05, 0) is 51.6 Å². The number of hydrogen-bond acceptors (Lipinski definition) is 8. The molecule has 1 aliphatic rings. The zero-order chi connectivity index (χ0) is 36.3. The number of urea groups is 1. The zero-order valence-electron chi connectivity index (χ0n) is 28.7. The lowest BCUT2D eigenvalue weighted by Gasteiger charge is -2.36. The fraction of sp³-hybridized carbons (Fsp3) is 0.244. The third-order valence-electron chi connectivity index (χ3n) is 8.77. The van der Waals surface area contributed by atoms with Crippen LogP contribution in [-0.2, 0) is 38.6 Å². The zero-order valence-corrected chi connectivity index (χ0v) is 29.5. The predicted molar refractivity (Wildman–Crippen MR) is 198 cm³/mol. The molecule has 4 aromatic carbocycles. The van der Waals surface area contributed by atoms with E-state index in [0.717, 1.165) is 43.7 Å². The van der Waals surface area contributed by atoms with Gasteiger partial charge < -0.3 is 35.2 Å². The molecule has 0 radical (unpaired) electrons. The minimum atomic E-state index is -0.829. The molecule has 6 rings (SSSR count). The maximum atomic E-state index is 12.9. The number of nitrogens with zero attached hydrogens (tertiary/aromatic N) is 1. The van der Waals surface area contributed by atoms with Crippen molar-refractivity contribution in [3.8, 4) is 11.1 Å². The molecule has 0 spiro atoms. The summed E-state index contributed by atoms with van der Waals surface area (Å²) in [7, 11) is 1.30. The maximum Gasteiger partial charge on any atom is 0.328 e. The summed E-state index contributed by atoms with van der Waals surface area (Å²) >= 11 is 1.45. The van der Waals surface area contributed by atoms with Crippen LogP contribution in [0.2, 0.25) is 0 Å². The smallest absolute Gasteiger partial charge is 0.328 e. The number of aliphatic hydroxyl groups is 1. The molecule has 4 atom stereocenters. The van der Waals surface area contributed by atoms with Gasteiger partial charge in [-0.25, -0.2) is 9.59 Å². The van der Waals surface area contributed by atoms with Crippen LogP contribution in [0, 0.1) is 5.21 Å². The molecule has 1 aromatic heterocycles. The Labute approximate surface area is 307 Å². The summed E-state index contributed by atoms with van der Waals surface area (Å²) in [6.45, 7) is 0.208. The normalized spacial score (nSPS) is 17.5. The first-order valence-electron chi connectivity index (χ1n) is 17.1. The van der Waals surface area contributed by atoms with E-state index >= 15 is 0 Å². The third-order valence-corrected chi connectivity index (χ3v) is 9.92. The highest BCUT2D eigenvalue weighted by molar-refractivity contribution is 7.99. The Hall–Kier alpha value is -5.20. The molecule has 2 amide bonds. The van der Waals surface area contributed by atoms with Crippen molar-refractivity contribution >= 4 is 23.8 Å². The molecular formula is C41H41N3O7S. The highest BCUT2D eigenvalue weighted by Gasteiger charge is 2.33. The lowest BCUT2D eigenvalue weighted by atomic mass is 9.99. The third kappa shape index (κ3) is 9.77. The Balaban J connectivity index is 1.14. The summed E-state index contributed by atoms with van der Waals surface area (Å²) in [4.78, 5) is 25.3. The molecule has 1 saturated heterocycles. The van der Waals surface area contributed by atoms with Gasteiger partial charge in [-0.15, -0.1) is 0 Å². The van der Waals surface area contributed by atoms with Gasteiger partial charge >= 0.3 is 12.0 Å². The van der Waals surface area contributed by atoms with Crippen molar-refractivity contribution in [1.82, 2.24) is 10.6 Å². The summed E-state index contributed by atoms with van der Waals surface area (Å²) in [6.07, 6.45) is 1.27. The van der Waals surface area contributed by atoms with Crippen LogP contribution in [0.25, 0.3) is 11.1 Å². The monoisotopic (exact) mass is 719 g/mol. The van der Waals surface area contributed by atoms with E-state index in [0.29, 0.717) is 23.6 Å². The second-order valence-corrected chi connectivity index (χ2v) is 13.5. The van der Waals surface area contributed by atoms with Gasteiger partial charge in [-0.1, -0.05) is 103 Å². The Morgan fingerprint density at radius 3 is 2.35 bits per heavy atom. The lowest BCUT2D eigenvalue weighted by Crippen LogP contribution is -2.47. The molecule has 0 aliphatic carbocycles. The Bertz CT molecular complexity index is 1940. The number of aliphatic hydroxyl groups excluding tert-OH is 1. The van der Waals surface area contributed by atoms with E-state index in [4.69, 9.17) is 14.2 Å². The average Bonchev–Trinajstić information content (AvgIpc) is 3.19. The van der Waals surface area contributed by atoms with Crippen molar-refractivity contribution in [3.63, 3.8) is 0 Å². The van der Waals surface area contributed by atoms with Gasteiger partial charge in [-0.3, -0.25) is 0 Å². The van der Waals surface area contributed by atoms with Gasteiger partial charge in [-0.2, -0.15) is 4.73 Å². The van der Waals surface area contributed by atoms with Crippen molar-refractivity contribution in [2.75, 3.05) is 12.9 Å². The number of benzene rings is 4. The fourth-order valence-corrected chi connectivity index (χ4v) is 6.96. The molecule has 5 aromatic rings. The topological polar surface area (TPSA) is 133 Å². The van der Waals surface area contributed by atoms with E-state index in [9.17, 15) is 19.9 Å². The van der Waals surface area contributed by atoms with Crippen molar-refractivity contribution in [3.05, 3.63) is 161 Å². The van der Waals surface area contributed by atoms with Crippen LogP contribution in [0.15, 0.2) is 133 Å². The van der Waals surface area contributed by atoms with Crippen molar-refractivity contribution in [2.24, 2.45) is 0 Å². The van der Waals surface area contributed by atoms with Gasteiger partial charge in [0.1, 0.15) is 6.04 Å². The molecule has 10 nitrogen and oxygen atoms in total. The van der Waals surface area contributed by atoms with Gasteiger partial charge in [0, 0.05) is 42.8 Å². The lowest BCUT2D eigenvalue weighted by molar-refractivity contribution is -0.645.